The van der Waals surface area contributed by atoms with Crippen molar-refractivity contribution in [3.63, 3.8) is 0 Å². The summed E-state index contributed by atoms with van der Waals surface area (Å²) in [7, 11) is 0. The van der Waals surface area contributed by atoms with Crippen LogP contribution in [0.15, 0.2) is 42.6 Å². The molecule has 0 unspecified atom stereocenters. The van der Waals surface area contributed by atoms with Crippen LogP contribution in [-0.2, 0) is 6.42 Å². The molecule has 0 fully saturated rings. The van der Waals surface area contributed by atoms with Crippen LogP contribution < -0.4 is 10.6 Å². The first-order chi connectivity index (χ1) is 9.78. The van der Waals surface area contributed by atoms with Crippen LogP contribution in [-0.4, -0.2) is 23.2 Å². The Morgan fingerprint density at radius 2 is 1.85 bits per heavy atom. The van der Waals surface area contributed by atoms with Crippen LogP contribution in [0.25, 0.3) is 0 Å². The average Bonchev–Trinajstić information content (AvgIpc) is 2.48. The predicted octanol–water partition coefficient (Wildman–Crippen LogP) is 3.26. The molecule has 1 heterocycles. The van der Waals surface area contributed by atoms with Gasteiger partial charge in [0.25, 0.3) is 0 Å². The van der Waals surface area contributed by atoms with E-state index in [4.69, 9.17) is 0 Å². The number of phenols is 1. The first kappa shape index (κ1) is 14.2. The molecule has 106 valence electrons. The molecule has 20 heavy (non-hydrogen) atoms. The van der Waals surface area contributed by atoms with E-state index in [1.807, 2.05) is 24.3 Å². The van der Waals surface area contributed by atoms with Crippen molar-refractivity contribution in [2.24, 2.45) is 0 Å². The quantitative estimate of drug-likeness (QED) is 0.723. The first-order valence-corrected chi connectivity index (χ1v) is 6.99. The van der Waals surface area contributed by atoms with Gasteiger partial charge in [0.15, 0.2) is 0 Å². The number of aromatic nitrogens is 1. The number of nitrogens with zero attached hydrogens (tertiary/aromatic N) is 1. The maximum absolute atomic E-state index is 9.23. The third kappa shape index (κ3) is 4.46. The molecule has 0 saturated carbocycles. The molecular weight excluding hydrogens is 250 g/mol. The Morgan fingerprint density at radius 1 is 1.05 bits per heavy atom. The number of benzene rings is 1. The zero-order chi connectivity index (χ0) is 14.2. The number of hydrogen-bond donors (Lipinski definition) is 3. The second kappa shape index (κ2) is 7.38. The van der Waals surface area contributed by atoms with Crippen LogP contribution in [0.2, 0.25) is 0 Å². The Labute approximate surface area is 119 Å². The van der Waals surface area contributed by atoms with E-state index in [1.54, 1.807) is 18.3 Å². The highest BCUT2D eigenvalue weighted by molar-refractivity contribution is 5.51. The molecule has 3 N–H and O–H groups in total. The van der Waals surface area contributed by atoms with E-state index < -0.39 is 0 Å². The molecule has 1 aromatic carbocycles. The van der Waals surface area contributed by atoms with Gasteiger partial charge < -0.3 is 15.7 Å². The summed E-state index contributed by atoms with van der Waals surface area (Å²) < 4.78 is 0. The molecule has 2 aromatic rings. The fraction of sp³-hybridized carbons (Fsp3) is 0.312. The van der Waals surface area contributed by atoms with Crippen molar-refractivity contribution in [3.05, 3.63) is 48.2 Å². The van der Waals surface area contributed by atoms with E-state index in [1.165, 1.54) is 5.56 Å². The van der Waals surface area contributed by atoms with E-state index in [0.717, 1.165) is 37.4 Å². The molecule has 0 aliphatic carbocycles. The van der Waals surface area contributed by atoms with Crippen molar-refractivity contribution >= 4 is 11.5 Å². The summed E-state index contributed by atoms with van der Waals surface area (Å²) >= 11 is 0. The number of aromatic hydroxyl groups is 1. The van der Waals surface area contributed by atoms with E-state index in [0.29, 0.717) is 5.75 Å². The van der Waals surface area contributed by atoms with Gasteiger partial charge in [-0.25, -0.2) is 4.98 Å². The normalized spacial score (nSPS) is 10.2. The lowest BCUT2D eigenvalue weighted by molar-refractivity contribution is 0.475. The maximum atomic E-state index is 9.23. The third-order valence-electron chi connectivity index (χ3n) is 3.00. The molecule has 0 radical (unpaired) electrons. The number of phenolic OH excluding ortho intramolecular Hbond substituents is 1. The van der Waals surface area contributed by atoms with Crippen LogP contribution in [0.1, 0.15) is 18.9 Å². The Morgan fingerprint density at radius 3 is 2.60 bits per heavy atom. The number of hydrogen-bond acceptors (Lipinski definition) is 4. The van der Waals surface area contributed by atoms with E-state index in [2.05, 4.69) is 22.5 Å². The molecule has 0 aliphatic rings. The number of anilines is 2. The summed E-state index contributed by atoms with van der Waals surface area (Å²) in [5.41, 5.74) is 2.27. The lowest BCUT2D eigenvalue weighted by Crippen LogP contribution is -2.06. The molecule has 2 rings (SSSR count). The molecule has 0 spiro atoms. The monoisotopic (exact) mass is 271 g/mol. The van der Waals surface area contributed by atoms with Crippen molar-refractivity contribution in [2.75, 3.05) is 23.7 Å². The van der Waals surface area contributed by atoms with Crippen molar-refractivity contribution < 1.29 is 5.11 Å². The fourth-order valence-corrected chi connectivity index (χ4v) is 1.90. The standard InChI is InChI=1S/C16H21N3O/c1-2-9-18-16-12-14(8-11-19-16)17-10-7-13-3-5-15(20)6-4-13/h3-6,8,11-12,20H,2,7,9-10H2,1H3,(H2,17,18,19). The second-order valence-corrected chi connectivity index (χ2v) is 4.70. The summed E-state index contributed by atoms with van der Waals surface area (Å²) in [6.07, 6.45) is 3.81. The number of rotatable bonds is 7. The summed E-state index contributed by atoms with van der Waals surface area (Å²) in [5, 5.41) is 15.9. The van der Waals surface area contributed by atoms with Crippen molar-refractivity contribution in [1.29, 1.82) is 0 Å². The lowest BCUT2D eigenvalue weighted by atomic mass is 10.1. The minimum atomic E-state index is 0.308. The molecule has 1 aromatic heterocycles. The molecule has 0 saturated heterocycles. The Bertz CT molecular complexity index is 526. The Kier molecular flexibility index (Phi) is 5.24. The highest BCUT2D eigenvalue weighted by Gasteiger charge is 1.97. The SMILES string of the molecule is CCCNc1cc(NCCc2ccc(O)cc2)ccn1. The maximum Gasteiger partial charge on any atom is 0.127 e. The molecule has 0 bridgehead atoms. The molecule has 0 amide bonds. The van der Waals surface area contributed by atoms with Crippen molar-refractivity contribution in [3.8, 4) is 5.75 Å². The van der Waals surface area contributed by atoms with Gasteiger partial charge in [0, 0.05) is 31.0 Å². The molecule has 0 atom stereocenters. The van der Waals surface area contributed by atoms with Crippen LogP contribution in [0, 0.1) is 0 Å². The largest absolute Gasteiger partial charge is 0.508 e. The smallest absolute Gasteiger partial charge is 0.127 e. The lowest BCUT2D eigenvalue weighted by Gasteiger charge is -2.09. The number of pyridine rings is 1. The van der Waals surface area contributed by atoms with Crippen molar-refractivity contribution in [1.82, 2.24) is 4.98 Å². The summed E-state index contributed by atoms with van der Waals surface area (Å²) in [5.74, 6) is 1.21. The third-order valence-corrected chi connectivity index (χ3v) is 3.00. The minimum Gasteiger partial charge on any atom is -0.508 e. The highest BCUT2D eigenvalue weighted by atomic mass is 16.3. The van der Waals surface area contributed by atoms with Crippen LogP contribution in [0.5, 0.6) is 5.75 Å². The topological polar surface area (TPSA) is 57.2 Å². The zero-order valence-corrected chi connectivity index (χ0v) is 11.8. The first-order valence-electron chi connectivity index (χ1n) is 6.99. The number of nitrogens with one attached hydrogen (secondary N) is 2. The Balaban J connectivity index is 1.82. The molecule has 0 aliphatic heterocycles. The van der Waals surface area contributed by atoms with Gasteiger partial charge in [0.05, 0.1) is 0 Å². The van der Waals surface area contributed by atoms with E-state index in [9.17, 15) is 5.11 Å². The van der Waals surface area contributed by atoms with Gasteiger partial charge in [-0.15, -0.1) is 0 Å². The molecule has 4 heteroatoms. The zero-order valence-electron chi connectivity index (χ0n) is 11.8. The summed E-state index contributed by atoms with van der Waals surface area (Å²) in [4.78, 5) is 4.27. The summed E-state index contributed by atoms with van der Waals surface area (Å²) in [6, 6.07) is 11.3. The van der Waals surface area contributed by atoms with Crippen LogP contribution in [0.3, 0.4) is 0 Å². The molecule has 4 nitrogen and oxygen atoms in total. The minimum absolute atomic E-state index is 0.308. The van der Waals surface area contributed by atoms with Crippen LogP contribution >= 0.6 is 0 Å². The fourth-order valence-electron chi connectivity index (χ4n) is 1.90. The Hall–Kier alpha value is -2.23. The molecular formula is C16H21N3O. The highest BCUT2D eigenvalue weighted by Crippen LogP contribution is 2.13. The van der Waals surface area contributed by atoms with Gasteiger partial charge >= 0.3 is 0 Å². The van der Waals surface area contributed by atoms with Gasteiger partial charge in [-0.2, -0.15) is 0 Å². The van der Waals surface area contributed by atoms with Gasteiger partial charge in [-0.05, 0) is 36.6 Å². The van der Waals surface area contributed by atoms with E-state index >= 15 is 0 Å². The van der Waals surface area contributed by atoms with E-state index in [-0.39, 0.29) is 0 Å². The van der Waals surface area contributed by atoms with Gasteiger partial charge in [-0.3, -0.25) is 0 Å². The van der Waals surface area contributed by atoms with Gasteiger partial charge in [0.1, 0.15) is 11.6 Å². The second-order valence-electron chi connectivity index (χ2n) is 4.70. The van der Waals surface area contributed by atoms with Gasteiger partial charge in [0.2, 0.25) is 0 Å². The summed E-state index contributed by atoms with van der Waals surface area (Å²) in [6.45, 7) is 3.92. The van der Waals surface area contributed by atoms with Crippen LogP contribution in [0.4, 0.5) is 11.5 Å². The van der Waals surface area contributed by atoms with Crippen molar-refractivity contribution in [2.45, 2.75) is 19.8 Å². The predicted molar refractivity (Wildman–Crippen MR) is 83.3 cm³/mol. The van der Waals surface area contributed by atoms with Gasteiger partial charge in [-0.1, -0.05) is 19.1 Å². The average molecular weight is 271 g/mol.